The molecule has 25 heavy (non-hydrogen) atoms. The third kappa shape index (κ3) is 3.76. The molecule has 134 valence electrons. The molecule has 0 aromatic carbocycles. The molecule has 1 saturated carbocycles. The lowest BCUT2D eigenvalue weighted by Crippen LogP contribution is -2.36. The van der Waals surface area contributed by atoms with Gasteiger partial charge in [0.1, 0.15) is 11.3 Å². The molecule has 7 heteroatoms. The Hall–Kier alpha value is -2.15. The van der Waals surface area contributed by atoms with E-state index in [1.54, 1.807) is 12.4 Å². The van der Waals surface area contributed by atoms with Crippen LogP contribution in [0.2, 0.25) is 0 Å². The standard InChI is InChI=1S/C18H26N6O/c25-18(23-12-4-2-1-3-5-12)14-10-20-17-16(14)24-15(11-21-17)22-13-6-8-19-9-7-13/h10-13,19H,1-9H2,(H,20,21)(H,22,24)(H,23,25). The van der Waals surface area contributed by atoms with Crippen LogP contribution in [0.3, 0.4) is 0 Å². The lowest BCUT2D eigenvalue weighted by molar-refractivity contribution is 0.0929. The highest BCUT2D eigenvalue weighted by Crippen LogP contribution is 2.21. The maximum absolute atomic E-state index is 12.7. The average Bonchev–Trinajstić information content (AvgIpc) is 3.07. The highest BCUT2D eigenvalue weighted by molar-refractivity contribution is 6.04. The van der Waals surface area contributed by atoms with E-state index in [1.165, 1.54) is 19.3 Å². The van der Waals surface area contributed by atoms with E-state index in [0.29, 0.717) is 22.8 Å². The summed E-state index contributed by atoms with van der Waals surface area (Å²) in [6.45, 7) is 2.04. The highest BCUT2D eigenvalue weighted by Gasteiger charge is 2.20. The summed E-state index contributed by atoms with van der Waals surface area (Å²) in [5.41, 5.74) is 1.89. The molecule has 0 radical (unpaired) electrons. The van der Waals surface area contributed by atoms with Crippen LogP contribution in [0.15, 0.2) is 12.4 Å². The van der Waals surface area contributed by atoms with Crippen molar-refractivity contribution in [1.82, 2.24) is 25.6 Å². The summed E-state index contributed by atoms with van der Waals surface area (Å²) in [5, 5.41) is 9.96. The summed E-state index contributed by atoms with van der Waals surface area (Å²) in [6.07, 6.45) is 11.4. The molecule has 0 atom stereocenters. The number of nitrogens with one attached hydrogen (secondary N) is 4. The van der Waals surface area contributed by atoms with E-state index in [0.717, 1.165) is 44.6 Å². The minimum absolute atomic E-state index is 0.0496. The van der Waals surface area contributed by atoms with Gasteiger partial charge in [-0.3, -0.25) is 4.79 Å². The Bertz CT molecular complexity index is 730. The fourth-order valence-electron chi connectivity index (χ4n) is 3.82. The summed E-state index contributed by atoms with van der Waals surface area (Å²) in [5.74, 6) is 0.692. The van der Waals surface area contributed by atoms with Gasteiger partial charge in [0.25, 0.3) is 5.91 Å². The van der Waals surface area contributed by atoms with Crippen molar-refractivity contribution in [2.24, 2.45) is 0 Å². The summed E-state index contributed by atoms with van der Waals surface area (Å²) < 4.78 is 0. The Labute approximate surface area is 147 Å². The van der Waals surface area contributed by atoms with Crippen molar-refractivity contribution in [2.75, 3.05) is 18.4 Å². The lowest BCUT2D eigenvalue weighted by atomic mass is 9.95. The molecule has 2 aliphatic rings. The Morgan fingerprint density at radius 2 is 1.88 bits per heavy atom. The molecular formula is C18H26N6O. The third-order valence-electron chi connectivity index (χ3n) is 5.26. The molecule has 0 spiro atoms. The predicted molar refractivity (Wildman–Crippen MR) is 97.7 cm³/mol. The molecule has 0 unspecified atom stereocenters. The van der Waals surface area contributed by atoms with Gasteiger partial charge in [-0.15, -0.1) is 0 Å². The molecule has 4 rings (SSSR count). The number of piperidine rings is 1. The van der Waals surface area contributed by atoms with Crippen molar-refractivity contribution in [2.45, 2.75) is 57.0 Å². The monoisotopic (exact) mass is 342 g/mol. The predicted octanol–water partition coefficient (Wildman–Crippen LogP) is 2.18. The van der Waals surface area contributed by atoms with E-state index in [9.17, 15) is 4.79 Å². The van der Waals surface area contributed by atoms with Gasteiger partial charge in [0.05, 0.1) is 11.8 Å². The maximum Gasteiger partial charge on any atom is 0.255 e. The van der Waals surface area contributed by atoms with Crippen LogP contribution < -0.4 is 16.0 Å². The van der Waals surface area contributed by atoms with Crippen LogP contribution in [-0.2, 0) is 0 Å². The summed E-state index contributed by atoms with van der Waals surface area (Å²) in [6, 6.07) is 0.696. The van der Waals surface area contributed by atoms with E-state index in [-0.39, 0.29) is 11.9 Å². The molecule has 2 aromatic heterocycles. The Morgan fingerprint density at radius 3 is 2.68 bits per heavy atom. The van der Waals surface area contributed by atoms with E-state index >= 15 is 0 Å². The van der Waals surface area contributed by atoms with E-state index < -0.39 is 0 Å². The number of carbonyl (C=O) groups is 1. The fraction of sp³-hybridized carbons (Fsp3) is 0.611. The van der Waals surface area contributed by atoms with Crippen LogP contribution in [-0.4, -0.2) is 46.0 Å². The topological polar surface area (TPSA) is 94.7 Å². The number of aromatic nitrogens is 3. The molecule has 1 aliphatic heterocycles. The zero-order valence-electron chi connectivity index (χ0n) is 14.5. The van der Waals surface area contributed by atoms with Gasteiger partial charge < -0.3 is 20.9 Å². The number of H-pyrrole nitrogens is 1. The smallest absolute Gasteiger partial charge is 0.255 e. The van der Waals surface area contributed by atoms with Gasteiger partial charge in [-0.2, -0.15) is 0 Å². The fourth-order valence-corrected chi connectivity index (χ4v) is 3.82. The summed E-state index contributed by atoms with van der Waals surface area (Å²) in [4.78, 5) is 24.8. The largest absolute Gasteiger partial charge is 0.366 e. The lowest BCUT2D eigenvalue weighted by Gasteiger charge is -2.24. The highest BCUT2D eigenvalue weighted by atomic mass is 16.1. The Morgan fingerprint density at radius 1 is 1.08 bits per heavy atom. The molecular weight excluding hydrogens is 316 g/mol. The van der Waals surface area contributed by atoms with Gasteiger partial charge >= 0.3 is 0 Å². The molecule has 4 N–H and O–H groups in total. The molecule has 1 aliphatic carbocycles. The van der Waals surface area contributed by atoms with E-state index in [4.69, 9.17) is 0 Å². The minimum Gasteiger partial charge on any atom is -0.366 e. The van der Waals surface area contributed by atoms with Gasteiger partial charge in [-0.1, -0.05) is 19.3 Å². The molecule has 1 amide bonds. The Kier molecular flexibility index (Phi) is 4.83. The van der Waals surface area contributed by atoms with Crippen LogP contribution in [0.1, 0.15) is 55.3 Å². The number of amides is 1. The third-order valence-corrected chi connectivity index (χ3v) is 5.26. The number of aromatic amines is 1. The number of anilines is 1. The maximum atomic E-state index is 12.7. The van der Waals surface area contributed by atoms with Crippen LogP contribution in [0, 0.1) is 0 Å². The number of fused-ring (bicyclic) bond motifs is 1. The van der Waals surface area contributed by atoms with Gasteiger partial charge in [0.15, 0.2) is 5.65 Å². The Balaban J connectivity index is 1.50. The van der Waals surface area contributed by atoms with E-state index in [1.807, 2.05) is 0 Å². The number of rotatable bonds is 4. The van der Waals surface area contributed by atoms with Crippen LogP contribution in [0.5, 0.6) is 0 Å². The van der Waals surface area contributed by atoms with Gasteiger partial charge in [-0.25, -0.2) is 9.97 Å². The first-order valence-corrected chi connectivity index (χ1v) is 9.42. The molecule has 0 bridgehead atoms. The van der Waals surface area contributed by atoms with Gasteiger partial charge in [0, 0.05) is 18.3 Å². The molecule has 2 fully saturated rings. The van der Waals surface area contributed by atoms with Crippen LogP contribution in [0.25, 0.3) is 11.2 Å². The molecule has 2 aromatic rings. The first-order chi connectivity index (χ1) is 12.3. The second-order valence-corrected chi connectivity index (χ2v) is 7.13. The molecule has 7 nitrogen and oxygen atoms in total. The zero-order valence-corrected chi connectivity index (χ0v) is 14.5. The summed E-state index contributed by atoms with van der Waals surface area (Å²) in [7, 11) is 0. The van der Waals surface area contributed by atoms with Crippen molar-refractivity contribution in [3.8, 4) is 0 Å². The number of nitrogens with zero attached hydrogens (tertiary/aromatic N) is 2. The second-order valence-electron chi connectivity index (χ2n) is 7.13. The van der Waals surface area contributed by atoms with Crippen LogP contribution in [0.4, 0.5) is 5.82 Å². The minimum atomic E-state index is -0.0496. The number of hydrogen-bond donors (Lipinski definition) is 4. The molecule has 1 saturated heterocycles. The first-order valence-electron chi connectivity index (χ1n) is 9.42. The van der Waals surface area contributed by atoms with Gasteiger partial charge in [-0.05, 0) is 38.8 Å². The second kappa shape index (κ2) is 7.39. The van der Waals surface area contributed by atoms with Crippen molar-refractivity contribution >= 4 is 22.9 Å². The van der Waals surface area contributed by atoms with Crippen molar-refractivity contribution in [3.63, 3.8) is 0 Å². The SMILES string of the molecule is O=C(NC1CCCCC1)c1c[nH]c2ncc(NC3CCNCC3)nc12. The van der Waals surface area contributed by atoms with E-state index in [2.05, 4.69) is 30.9 Å². The zero-order chi connectivity index (χ0) is 17.1. The average molecular weight is 342 g/mol. The quantitative estimate of drug-likeness (QED) is 0.683. The van der Waals surface area contributed by atoms with Crippen LogP contribution >= 0.6 is 0 Å². The van der Waals surface area contributed by atoms with Crippen molar-refractivity contribution in [1.29, 1.82) is 0 Å². The molecule has 3 heterocycles. The number of hydrogen-bond acceptors (Lipinski definition) is 5. The summed E-state index contributed by atoms with van der Waals surface area (Å²) >= 11 is 0. The first kappa shape index (κ1) is 16.3. The normalized spacial score (nSPS) is 19.8. The number of carbonyl (C=O) groups excluding carboxylic acids is 1. The van der Waals surface area contributed by atoms with Gasteiger partial charge in [0.2, 0.25) is 0 Å². The van der Waals surface area contributed by atoms with Crippen molar-refractivity contribution < 1.29 is 4.79 Å². The van der Waals surface area contributed by atoms with Crippen molar-refractivity contribution in [3.05, 3.63) is 18.0 Å².